The number of hydrogen-bond acceptors (Lipinski definition) is 4. The molecule has 3 fully saturated rings. The number of hydrogen-bond donors (Lipinski definition) is 1. The van der Waals surface area contributed by atoms with E-state index >= 15 is 0 Å². The summed E-state index contributed by atoms with van der Waals surface area (Å²) in [7, 11) is 0. The largest absolute Gasteiger partial charge is 0.464 e. The van der Waals surface area contributed by atoms with Crippen LogP contribution >= 0.6 is 0 Å². The Morgan fingerprint density at radius 1 is 1.30 bits per heavy atom. The van der Waals surface area contributed by atoms with Crippen molar-refractivity contribution in [3.63, 3.8) is 0 Å². The van der Waals surface area contributed by atoms with Crippen LogP contribution in [0.4, 0.5) is 0 Å². The van der Waals surface area contributed by atoms with Gasteiger partial charge in [0.2, 0.25) is 0 Å². The molecule has 1 saturated heterocycles. The zero-order valence-electron chi connectivity index (χ0n) is 12.1. The molecule has 0 radical (unpaired) electrons. The maximum atomic E-state index is 6.18. The van der Waals surface area contributed by atoms with Gasteiger partial charge in [-0.2, -0.15) is 0 Å². The Balaban J connectivity index is 1.60. The molecule has 4 nitrogen and oxygen atoms in total. The van der Waals surface area contributed by atoms with Crippen LogP contribution in [-0.2, 0) is 4.74 Å². The Bertz CT molecular complexity index is 483. The van der Waals surface area contributed by atoms with Gasteiger partial charge in [0.1, 0.15) is 11.5 Å². The van der Waals surface area contributed by atoms with Crippen molar-refractivity contribution >= 4 is 0 Å². The van der Waals surface area contributed by atoms with Crippen molar-refractivity contribution in [2.24, 2.45) is 11.7 Å². The van der Waals surface area contributed by atoms with Crippen LogP contribution in [0.1, 0.15) is 49.7 Å². The molecular weight excluding hydrogens is 252 g/mol. The van der Waals surface area contributed by atoms with E-state index in [0.717, 1.165) is 30.6 Å². The van der Waals surface area contributed by atoms with Crippen LogP contribution in [0.3, 0.4) is 0 Å². The summed E-state index contributed by atoms with van der Waals surface area (Å²) in [6, 6.07) is 5.24. The van der Waals surface area contributed by atoms with E-state index in [1.54, 1.807) is 0 Å². The monoisotopic (exact) mass is 276 g/mol. The molecule has 2 N–H and O–H groups in total. The lowest BCUT2D eigenvalue weighted by Gasteiger charge is -2.40. The molecule has 2 heterocycles. The summed E-state index contributed by atoms with van der Waals surface area (Å²) in [6.07, 6.45) is 3.95. The van der Waals surface area contributed by atoms with E-state index in [0.29, 0.717) is 18.5 Å². The molecule has 4 atom stereocenters. The average Bonchev–Trinajstić information content (AvgIpc) is 3.38. The van der Waals surface area contributed by atoms with Gasteiger partial charge in [0.25, 0.3) is 0 Å². The van der Waals surface area contributed by atoms with E-state index < -0.39 is 0 Å². The van der Waals surface area contributed by atoms with Gasteiger partial charge in [-0.05, 0) is 37.3 Å². The van der Waals surface area contributed by atoms with Crippen LogP contribution in [0.25, 0.3) is 0 Å². The summed E-state index contributed by atoms with van der Waals surface area (Å²) in [4.78, 5) is 2.56. The third-order valence-corrected chi connectivity index (χ3v) is 5.05. The van der Waals surface area contributed by atoms with Gasteiger partial charge in [-0.25, -0.2) is 0 Å². The quantitative estimate of drug-likeness (QED) is 0.916. The number of furan rings is 1. The molecule has 0 amide bonds. The first kappa shape index (κ1) is 12.9. The van der Waals surface area contributed by atoms with Crippen molar-refractivity contribution in [2.75, 3.05) is 19.7 Å². The molecule has 0 spiro atoms. The number of nitrogens with zero attached hydrogens (tertiary/aromatic N) is 1. The van der Waals surface area contributed by atoms with Gasteiger partial charge < -0.3 is 14.9 Å². The van der Waals surface area contributed by atoms with Gasteiger partial charge in [0, 0.05) is 25.0 Å². The third kappa shape index (κ3) is 2.20. The van der Waals surface area contributed by atoms with Crippen LogP contribution in [0.15, 0.2) is 16.5 Å². The summed E-state index contributed by atoms with van der Waals surface area (Å²) in [6.45, 7) is 4.64. The minimum absolute atomic E-state index is 0.0694. The van der Waals surface area contributed by atoms with E-state index in [2.05, 4.69) is 24.0 Å². The second-order valence-corrected chi connectivity index (χ2v) is 6.62. The van der Waals surface area contributed by atoms with Crippen LogP contribution in [0.2, 0.25) is 0 Å². The highest BCUT2D eigenvalue weighted by atomic mass is 16.5. The Kier molecular flexibility index (Phi) is 3.13. The summed E-state index contributed by atoms with van der Waals surface area (Å²) in [5.41, 5.74) is 5.92. The second-order valence-electron chi connectivity index (χ2n) is 6.62. The standard InChI is InChI=1S/C16H24N2O2/c1-10-8-12(10)13-4-5-14(20-13)16-15(9-17)19-7-6-18(16)11-2-3-11/h4-5,10-12,15-16H,2-3,6-9,17H2,1H3. The van der Waals surface area contributed by atoms with Gasteiger partial charge in [0.05, 0.1) is 18.8 Å². The molecule has 4 rings (SSSR count). The highest BCUT2D eigenvalue weighted by molar-refractivity contribution is 5.21. The van der Waals surface area contributed by atoms with Gasteiger partial charge in [-0.3, -0.25) is 4.90 Å². The summed E-state index contributed by atoms with van der Waals surface area (Å²) < 4.78 is 12.1. The van der Waals surface area contributed by atoms with E-state index in [-0.39, 0.29) is 12.1 Å². The minimum Gasteiger partial charge on any atom is -0.464 e. The van der Waals surface area contributed by atoms with Crippen molar-refractivity contribution < 1.29 is 9.15 Å². The first-order valence-electron chi connectivity index (χ1n) is 7.95. The lowest BCUT2D eigenvalue weighted by atomic mass is 10.0. The fourth-order valence-corrected chi connectivity index (χ4v) is 3.56. The van der Waals surface area contributed by atoms with E-state index in [1.165, 1.54) is 19.3 Å². The van der Waals surface area contributed by atoms with Gasteiger partial charge in [0.15, 0.2) is 0 Å². The van der Waals surface area contributed by atoms with Crippen LogP contribution in [-0.4, -0.2) is 36.7 Å². The average molecular weight is 276 g/mol. The van der Waals surface area contributed by atoms with Crippen molar-refractivity contribution in [3.05, 3.63) is 23.7 Å². The summed E-state index contributed by atoms with van der Waals surface area (Å²) >= 11 is 0. The highest BCUT2D eigenvalue weighted by Gasteiger charge is 2.43. The molecule has 1 aliphatic heterocycles. The van der Waals surface area contributed by atoms with E-state index in [4.69, 9.17) is 14.9 Å². The molecule has 4 heteroatoms. The fraction of sp³-hybridized carbons (Fsp3) is 0.750. The van der Waals surface area contributed by atoms with E-state index in [1.807, 2.05) is 0 Å². The number of ether oxygens (including phenoxy) is 1. The van der Waals surface area contributed by atoms with Gasteiger partial charge in [-0.15, -0.1) is 0 Å². The van der Waals surface area contributed by atoms with Gasteiger partial charge in [-0.1, -0.05) is 6.92 Å². The predicted octanol–water partition coefficient (Wildman–Crippen LogP) is 2.27. The van der Waals surface area contributed by atoms with Crippen molar-refractivity contribution in [1.29, 1.82) is 0 Å². The Labute approximate surface area is 120 Å². The second kappa shape index (κ2) is 4.86. The molecule has 3 aliphatic rings. The molecule has 4 unspecified atom stereocenters. The first-order valence-corrected chi connectivity index (χ1v) is 7.95. The Morgan fingerprint density at radius 2 is 2.05 bits per heavy atom. The molecule has 1 aromatic heterocycles. The fourth-order valence-electron chi connectivity index (χ4n) is 3.56. The topological polar surface area (TPSA) is 51.6 Å². The smallest absolute Gasteiger partial charge is 0.124 e. The number of rotatable bonds is 4. The molecule has 2 aliphatic carbocycles. The lowest BCUT2D eigenvalue weighted by Crippen LogP contribution is -2.49. The van der Waals surface area contributed by atoms with Crippen molar-refractivity contribution in [1.82, 2.24) is 4.90 Å². The number of morpholine rings is 1. The zero-order chi connectivity index (χ0) is 13.7. The molecule has 0 bridgehead atoms. The first-order chi connectivity index (χ1) is 9.78. The van der Waals surface area contributed by atoms with Gasteiger partial charge >= 0.3 is 0 Å². The SMILES string of the molecule is CC1CC1c1ccc(C2C(CN)OCCN2C2CC2)o1. The maximum Gasteiger partial charge on any atom is 0.124 e. The maximum absolute atomic E-state index is 6.18. The van der Waals surface area contributed by atoms with E-state index in [9.17, 15) is 0 Å². The minimum atomic E-state index is 0.0694. The van der Waals surface area contributed by atoms with Crippen LogP contribution in [0.5, 0.6) is 0 Å². The van der Waals surface area contributed by atoms with Crippen LogP contribution < -0.4 is 5.73 Å². The molecular formula is C16H24N2O2. The van der Waals surface area contributed by atoms with Crippen molar-refractivity contribution in [2.45, 2.75) is 50.3 Å². The predicted molar refractivity (Wildman–Crippen MR) is 76.5 cm³/mol. The summed E-state index contributed by atoms with van der Waals surface area (Å²) in [5.74, 6) is 3.63. The molecule has 1 aromatic rings. The molecule has 110 valence electrons. The zero-order valence-corrected chi connectivity index (χ0v) is 12.1. The Hall–Kier alpha value is -0.840. The normalized spacial score (nSPS) is 38.1. The lowest BCUT2D eigenvalue weighted by molar-refractivity contribution is -0.0778. The summed E-state index contributed by atoms with van der Waals surface area (Å²) in [5, 5.41) is 0. The highest BCUT2D eigenvalue weighted by Crippen LogP contribution is 2.48. The van der Waals surface area contributed by atoms with Crippen molar-refractivity contribution in [3.8, 4) is 0 Å². The number of nitrogens with two attached hydrogens (primary N) is 1. The van der Waals surface area contributed by atoms with Crippen LogP contribution in [0, 0.1) is 5.92 Å². The molecule has 0 aromatic carbocycles. The Morgan fingerprint density at radius 3 is 2.70 bits per heavy atom. The molecule has 2 saturated carbocycles. The third-order valence-electron chi connectivity index (χ3n) is 5.05. The molecule has 20 heavy (non-hydrogen) atoms.